The topological polar surface area (TPSA) is 106 Å². The largest absolute Gasteiger partial charge is 0.478 e. The van der Waals surface area contributed by atoms with Gasteiger partial charge in [0.2, 0.25) is 0 Å². The molecule has 0 fully saturated rings. The number of hydrogen-bond donors (Lipinski definition) is 2. The molecule has 2 aromatic heterocycles. The highest BCUT2D eigenvalue weighted by Crippen LogP contribution is 2.20. The van der Waals surface area contributed by atoms with E-state index in [1.807, 2.05) is 0 Å². The summed E-state index contributed by atoms with van der Waals surface area (Å²) < 4.78 is 7.13. The maximum Gasteiger partial charge on any atom is 0.335 e. The molecule has 8 nitrogen and oxygen atoms in total. The molecule has 0 atom stereocenters. The number of carboxylic acids is 1. The number of carbonyl (C=O) groups is 1. The zero-order chi connectivity index (χ0) is 13.9. The molecule has 20 heavy (non-hydrogen) atoms. The normalized spacial score (nSPS) is 10.8. The van der Waals surface area contributed by atoms with Gasteiger partial charge in [-0.3, -0.25) is 4.68 Å². The first-order valence-corrected chi connectivity index (χ1v) is 5.94. The summed E-state index contributed by atoms with van der Waals surface area (Å²) in [5.74, 6) is -0.996. The van der Waals surface area contributed by atoms with Gasteiger partial charge in [0.25, 0.3) is 6.01 Å². The smallest absolute Gasteiger partial charge is 0.335 e. The van der Waals surface area contributed by atoms with Crippen LogP contribution in [0.4, 0.5) is 6.01 Å². The minimum absolute atomic E-state index is 0.169. The number of oxazole rings is 1. The van der Waals surface area contributed by atoms with Crippen molar-refractivity contribution in [2.24, 2.45) is 0 Å². The monoisotopic (exact) mass is 273 g/mol. The van der Waals surface area contributed by atoms with Crippen molar-refractivity contribution in [3.8, 4) is 0 Å². The minimum Gasteiger partial charge on any atom is -0.478 e. The predicted molar refractivity (Wildman–Crippen MR) is 69.5 cm³/mol. The Bertz CT molecular complexity index is 735. The Balaban J connectivity index is 1.70. The average Bonchev–Trinajstić information content (AvgIpc) is 3.06. The highest BCUT2D eigenvalue weighted by Gasteiger charge is 2.09. The fraction of sp³-hybridized carbons (Fsp3) is 0.167. The van der Waals surface area contributed by atoms with Crippen molar-refractivity contribution in [1.29, 1.82) is 0 Å². The van der Waals surface area contributed by atoms with E-state index in [4.69, 9.17) is 9.52 Å². The number of nitrogens with zero attached hydrogens (tertiary/aromatic N) is 4. The van der Waals surface area contributed by atoms with E-state index >= 15 is 0 Å². The van der Waals surface area contributed by atoms with Crippen LogP contribution < -0.4 is 5.32 Å². The van der Waals surface area contributed by atoms with Gasteiger partial charge in [-0.15, -0.1) is 5.10 Å². The second-order valence-electron chi connectivity index (χ2n) is 4.10. The van der Waals surface area contributed by atoms with Gasteiger partial charge < -0.3 is 14.8 Å². The molecule has 0 amide bonds. The molecule has 0 radical (unpaired) electrons. The van der Waals surface area contributed by atoms with E-state index in [9.17, 15) is 4.79 Å². The number of anilines is 1. The van der Waals surface area contributed by atoms with Crippen LogP contribution in [0.5, 0.6) is 0 Å². The number of aromatic carboxylic acids is 1. The zero-order valence-electron chi connectivity index (χ0n) is 10.4. The fourth-order valence-electron chi connectivity index (χ4n) is 1.76. The van der Waals surface area contributed by atoms with Crippen molar-refractivity contribution in [2.75, 3.05) is 11.9 Å². The van der Waals surface area contributed by atoms with Crippen molar-refractivity contribution >= 4 is 23.1 Å². The zero-order valence-corrected chi connectivity index (χ0v) is 10.4. The maximum atomic E-state index is 10.9. The third kappa shape index (κ3) is 2.44. The van der Waals surface area contributed by atoms with Crippen LogP contribution in [-0.2, 0) is 6.54 Å². The molecule has 0 bridgehead atoms. The standard InChI is InChI=1S/C12H11N5O3/c18-11(19)8-1-2-9-10(7-8)20-12(15-9)13-3-5-17-6-4-14-16-17/h1-2,4,6-7H,3,5H2,(H,13,15)(H,18,19). The number of fused-ring (bicyclic) bond motifs is 1. The van der Waals surface area contributed by atoms with Gasteiger partial charge in [0.05, 0.1) is 18.3 Å². The van der Waals surface area contributed by atoms with Crippen molar-refractivity contribution < 1.29 is 14.3 Å². The Hall–Kier alpha value is -2.90. The summed E-state index contributed by atoms with van der Waals surface area (Å²) in [7, 11) is 0. The molecule has 102 valence electrons. The summed E-state index contributed by atoms with van der Waals surface area (Å²) in [5, 5.41) is 19.4. The van der Waals surface area contributed by atoms with Crippen LogP contribution in [0.25, 0.3) is 11.1 Å². The first-order chi connectivity index (χ1) is 9.72. The van der Waals surface area contributed by atoms with Crippen LogP contribution in [0, 0.1) is 0 Å². The predicted octanol–water partition coefficient (Wildman–Crippen LogP) is 1.23. The molecule has 2 heterocycles. The summed E-state index contributed by atoms with van der Waals surface area (Å²) in [6, 6.07) is 4.91. The van der Waals surface area contributed by atoms with Crippen molar-refractivity contribution in [3.63, 3.8) is 0 Å². The SMILES string of the molecule is O=C(O)c1ccc2nc(NCCn3ccnn3)oc2c1. The Morgan fingerprint density at radius 2 is 2.35 bits per heavy atom. The van der Waals surface area contributed by atoms with Crippen LogP contribution in [-0.4, -0.2) is 37.6 Å². The first kappa shape index (κ1) is 12.2. The summed E-state index contributed by atoms with van der Waals surface area (Å²) in [6.45, 7) is 1.20. The van der Waals surface area contributed by atoms with Gasteiger partial charge in [0, 0.05) is 12.7 Å². The third-order valence-corrected chi connectivity index (χ3v) is 2.72. The lowest BCUT2D eigenvalue weighted by atomic mass is 10.2. The van der Waals surface area contributed by atoms with Crippen molar-refractivity contribution in [3.05, 3.63) is 36.2 Å². The maximum absolute atomic E-state index is 10.9. The Labute approximate surface area is 113 Å². The van der Waals surface area contributed by atoms with E-state index in [-0.39, 0.29) is 5.56 Å². The second-order valence-corrected chi connectivity index (χ2v) is 4.10. The molecule has 2 N–H and O–H groups in total. The van der Waals surface area contributed by atoms with Crippen LogP contribution in [0.2, 0.25) is 0 Å². The van der Waals surface area contributed by atoms with Crippen LogP contribution >= 0.6 is 0 Å². The van der Waals surface area contributed by atoms with Crippen molar-refractivity contribution in [2.45, 2.75) is 6.54 Å². The summed E-state index contributed by atoms with van der Waals surface area (Å²) in [4.78, 5) is 15.1. The van der Waals surface area contributed by atoms with E-state index in [1.54, 1.807) is 23.1 Å². The lowest BCUT2D eigenvalue weighted by Gasteiger charge is -2.00. The fourth-order valence-corrected chi connectivity index (χ4v) is 1.76. The molecule has 0 unspecified atom stereocenters. The van der Waals surface area contributed by atoms with Gasteiger partial charge in [-0.2, -0.15) is 4.98 Å². The van der Waals surface area contributed by atoms with E-state index in [0.717, 1.165) is 0 Å². The number of benzene rings is 1. The molecule has 1 aromatic carbocycles. The van der Waals surface area contributed by atoms with E-state index in [2.05, 4.69) is 20.6 Å². The third-order valence-electron chi connectivity index (χ3n) is 2.72. The molecular formula is C12H11N5O3. The van der Waals surface area contributed by atoms with Gasteiger partial charge in [-0.05, 0) is 18.2 Å². The highest BCUT2D eigenvalue weighted by atomic mass is 16.4. The molecule has 0 aliphatic rings. The minimum atomic E-state index is -0.996. The quantitative estimate of drug-likeness (QED) is 0.720. The molecule has 3 aromatic rings. The average molecular weight is 273 g/mol. The molecule has 0 saturated carbocycles. The molecule has 3 rings (SSSR count). The Kier molecular flexibility index (Phi) is 3.04. The van der Waals surface area contributed by atoms with Crippen LogP contribution in [0.3, 0.4) is 0 Å². The van der Waals surface area contributed by atoms with Crippen LogP contribution in [0.1, 0.15) is 10.4 Å². The summed E-state index contributed by atoms with van der Waals surface area (Å²) >= 11 is 0. The highest BCUT2D eigenvalue weighted by molar-refractivity contribution is 5.92. The van der Waals surface area contributed by atoms with Gasteiger partial charge in [-0.25, -0.2) is 4.79 Å². The molecule has 0 aliphatic heterocycles. The first-order valence-electron chi connectivity index (χ1n) is 5.94. The number of carboxylic acid groups (broad SMARTS) is 1. The molecule has 0 saturated heterocycles. The number of rotatable bonds is 5. The summed E-state index contributed by atoms with van der Waals surface area (Å²) in [5.41, 5.74) is 1.22. The van der Waals surface area contributed by atoms with Gasteiger partial charge in [-0.1, -0.05) is 5.21 Å². The van der Waals surface area contributed by atoms with Crippen LogP contribution in [0.15, 0.2) is 35.0 Å². The lowest BCUT2D eigenvalue weighted by molar-refractivity contribution is 0.0697. The Morgan fingerprint density at radius 1 is 1.45 bits per heavy atom. The number of aromatic nitrogens is 4. The molecular weight excluding hydrogens is 262 g/mol. The van der Waals surface area contributed by atoms with E-state index in [0.29, 0.717) is 30.2 Å². The van der Waals surface area contributed by atoms with Gasteiger partial charge in [0.1, 0.15) is 5.52 Å². The molecule has 0 aliphatic carbocycles. The Morgan fingerprint density at radius 3 is 3.10 bits per heavy atom. The van der Waals surface area contributed by atoms with Crippen molar-refractivity contribution in [1.82, 2.24) is 20.0 Å². The second kappa shape index (κ2) is 5.00. The van der Waals surface area contributed by atoms with E-state index in [1.165, 1.54) is 12.1 Å². The molecule has 0 spiro atoms. The number of nitrogens with one attached hydrogen (secondary N) is 1. The van der Waals surface area contributed by atoms with Gasteiger partial charge >= 0.3 is 5.97 Å². The van der Waals surface area contributed by atoms with Gasteiger partial charge in [0.15, 0.2) is 5.58 Å². The lowest BCUT2D eigenvalue weighted by Crippen LogP contribution is -2.11. The number of hydrogen-bond acceptors (Lipinski definition) is 6. The summed E-state index contributed by atoms with van der Waals surface area (Å²) in [6.07, 6.45) is 3.36. The van der Waals surface area contributed by atoms with E-state index < -0.39 is 5.97 Å². The molecule has 8 heteroatoms.